The number of halogens is 2. The van der Waals surface area contributed by atoms with E-state index >= 15 is 0 Å². The Morgan fingerprint density at radius 2 is 1.95 bits per heavy atom. The summed E-state index contributed by atoms with van der Waals surface area (Å²) >= 11 is 5.76. The number of hydrogen-bond acceptors (Lipinski definition) is 3. The molecule has 1 aromatic heterocycles. The van der Waals surface area contributed by atoms with Gasteiger partial charge in [0, 0.05) is 16.8 Å². The number of benzene rings is 1. The monoisotopic (exact) mass is 279 g/mol. The van der Waals surface area contributed by atoms with E-state index in [9.17, 15) is 4.39 Å². The summed E-state index contributed by atoms with van der Waals surface area (Å²) in [7, 11) is 0. The van der Waals surface area contributed by atoms with Crippen molar-refractivity contribution in [1.82, 2.24) is 9.97 Å². The minimum atomic E-state index is -0.464. The maximum atomic E-state index is 13.1. The molecular formula is C14H15ClFN3. The van der Waals surface area contributed by atoms with Crippen molar-refractivity contribution in [2.75, 3.05) is 5.73 Å². The van der Waals surface area contributed by atoms with Crippen LogP contribution < -0.4 is 5.73 Å². The molecule has 0 saturated carbocycles. The molecule has 0 atom stereocenters. The highest BCUT2D eigenvalue weighted by Crippen LogP contribution is 2.27. The van der Waals surface area contributed by atoms with Gasteiger partial charge in [-0.2, -0.15) is 0 Å². The summed E-state index contributed by atoms with van der Waals surface area (Å²) in [6.45, 7) is 5.97. The van der Waals surface area contributed by atoms with Crippen molar-refractivity contribution in [1.29, 1.82) is 0 Å². The van der Waals surface area contributed by atoms with Crippen molar-refractivity contribution in [3.63, 3.8) is 0 Å². The fourth-order valence-corrected chi connectivity index (χ4v) is 2.26. The molecule has 0 aliphatic rings. The average Bonchev–Trinajstić information content (AvgIpc) is 2.31. The van der Waals surface area contributed by atoms with Crippen LogP contribution in [0.2, 0.25) is 5.02 Å². The number of hydrogen-bond donors (Lipinski definition) is 1. The summed E-state index contributed by atoms with van der Waals surface area (Å²) in [4.78, 5) is 8.71. The third-order valence-electron chi connectivity index (χ3n) is 2.92. The molecular weight excluding hydrogens is 265 g/mol. The molecule has 3 nitrogen and oxygen atoms in total. The Morgan fingerprint density at radius 3 is 2.47 bits per heavy atom. The molecule has 5 heteroatoms. The molecule has 0 spiro atoms. The molecule has 0 radical (unpaired) electrons. The third-order valence-corrected chi connectivity index (χ3v) is 3.21. The van der Waals surface area contributed by atoms with E-state index < -0.39 is 5.82 Å². The van der Waals surface area contributed by atoms with Gasteiger partial charge < -0.3 is 5.73 Å². The van der Waals surface area contributed by atoms with Gasteiger partial charge >= 0.3 is 0 Å². The maximum absolute atomic E-state index is 13.1. The molecule has 0 aliphatic heterocycles. The summed E-state index contributed by atoms with van der Waals surface area (Å²) in [6.07, 6.45) is 0. The number of nitrogens with zero attached hydrogens (tertiary/aromatic N) is 2. The Balaban J connectivity index is 2.55. The number of nitrogen functional groups attached to an aromatic ring is 1. The van der Waals surface area contributed by atoms with Gasteiger partial charge in [0.15, 0.2) is 5.82 Å². The molecule has 0 amide bonds. The molecule has 0 bridgehead atoms. The molecule has 2 rings (SSSR count). The van der Waals surface area contributed by atoms with Crippen molar-refractivity contribution in [3.8, 4) is 11.4 Å². The van der Waals surface area contributed by atoms with Crippen LogP contribution in [0.25, 0.3) is 11.4 Å². The average molecular weight is 280 g/mol. The zero-order valence-corrected chi connectivity index (χ0v) is 11.8. The van der Waals surface area contributed by atoms with Crippen LogP contribution >= 0.6 is 11.6 Å². The van der Waals surface area contributed by atoms with Gasteiger partial charge in [0.05, 0.1) is 5.02 Å². The topological polar surface area (TPSA) is 51.8 Å². The van der Waals surface area contributed by atoms with Gasteiger partial charge in [0.2, 0.25) is 0 Å². The molecule has 2 aromatic rings. The van der Waals surface area contributed by atoms with Crippen LogP contribution in [0.3, 0.4) is 0 Å². The maximum Gasteiger partial charge on any atom is 0.161 e. The van der Waals surface area contributed by atoms with Gasteiger partial charge in [0.25, 0.3) is 0 Å². The van der Waals surface area contributed by atoms with E-state index in [1.54, 1.807) is 6.07 Å². The highest BCUT2D eigenvalue weighted by atomic mass is 35.5. The van der Waals surface area contributed by atoms with Crippen LogP contribution in [0.15, 0.2) is 18.2 Å². The molecule has 1 aromatic carbocycles. The lowest BCUT2D eigenvalue weighted by Crippen LogP contribution is -2.06. The number of rotatable bonds is 2. The number of aromatic nitrogens is 2. The Hall–Kier alpha value is -1.68. The Labute approximate surface area is 116 Å². The van der Waals surface area contributed by atoms with Crippen LogP contribution in [-0.2, 0) is 0 Å². The molecule has 0 unspecified atom stereocenters. The summed E-state index contributed by atoms with van der Waals surface area (Å²) in [5.41, 5.74) is 8.39. The van der Waals surface area contributed by atoms with E-state index in [0.717, 1.165) is 11.3 Å². The van der Waals surface area contributed by atoms with Gasteiger partial charge in [0.1, 0.15) is 11.6 Å². The van der Waals surface area contributed by atoms with E-state index in [1.165, 1.54) is 12.1 Å². The number of anilines is 1. The predicted molar refractivity (Wildman–Crippen MR) is 75.7 cm³/mol. The minimum Gasteiger partial charge on any atom is -0.383 e. The van der Waals surface area contributed by atoms with Gasteiger partial charge in [-0.1, -0.05) is 25.4 Å². The van der Waals surface area contributed by atoms with E-state index in [4.69, 9.17) is 17.3 Å². The van der Waals surface area contributed by atoms with Gasteiger partial charge in [-0.25, -0.2) is 14.4 Å². The standard InChI is InChI=1S/C14H15ClFN3/c1-7(2)12-8(3)18-14(19-13(12)17)9-4-5-11(16)10(15)6-9/h4-7H,1-3H3,(H2,17,18,19). The van der Waals surface area contributed by atoms with Crippen LogP contribution in [0.5, 0.6) is 0 Å². The van der Waals surface area contributed by atoms with E-state index in [2.05, 4.69) is 9.97 Å². The van der Waals surface area contributed by atoms with Crippen LogP contribution in [0.1, 0.15) is 31.0 Å². The van der Waals surface area contributed by atoms with Gasteiger partial charge in [-0.15, -0.1) is 0 Å². The third kappa shape index (κ3) is 2.68. The summed E-state index contributed by atoms with van der Waals surface area (Å²) in [5.74, 6) is 0.707. The van der Waals surface area contributed by atoms with E-state index in [1.807, 2.05) is 20.8 Å². The van der Waals surface area contributed by atoms with E-state index in [-0.39, 0.29) is 10.9 Å². The first kappa shape index (κ1) is 13.7. The Bertz CT molecular complexity index is 603. The molecule has 0 saturated heterocycles. The fraction of sp³-hybridized carbons (Fsp3) is 0.286. The zero-order valence-electron chi connectivity index (χ0n) is 11.0. The van der Waals surface area contributed by atoms with Crippen LogP contribution in [0.4, 0.5) is 10.2 Å². The smallest absolute Gasteiger partial charge is 0.161 e. The minimum absolute atomic E-state index is 0.0465. The van der Waals surface area contributed by atoms with Gasteiger partial charge in [-0.3, -0.25) is 0 Å². The molecule has 1 heterocycles. The SMILES string of the molecule is Cc1nc(-c2ccc(F)c(Cl)c2)nc(N)c1C(C)C. The van der Waals surface area contributed by atoms with Crippen molar-refractivity contribution in [2.24, 2.45) is 0 Å². The molecule has 0 fully saturated rings. The first-order valence-electron chi connectivity index (χ1n) is 5.99. The lowest BCUT2D eigenvalue weighted by molar-refractivity contribution is 0.628. The molecule has 0 aliphatic carbocycles. The second kappa shape index (κ2) is 5.13. The fourth-order valence-electron chi connectivity index (χ4n) is 2.08. The predicted octanol–water partition coefficient (Wildman–Crippen LogP) is 3.95. The van der Waals surface area contributed by atoms with Crippen LogP contribution in [-0.4, -0.2) is 9.97 Å². The zero-order chi connectivity index (χ0) is 14.2. The van der Waals surface area contributed by atoms with Crippen molar-refractivity contribution >= 4 is 17.4 Å². The quantitative estimate of drug-likeness (QED) is 0.905. The Kier molecular flexibility index (Phi) is 3.71. The number of aryl methyl sites for hydroxylation is 1. The molecule has 2 N–H and O–H groups in total. The highest BCUT2D eigenvalue weighted by molar-refractivity contribution is 6.31. The number of nitrogens with two attached hydrogens (primary N) is 1. The van der Waals surface area contributed by atoms with Gasteiger partial charge in [-0.05, 0) is 31.0 Å². The molecule has 100 valence electrons. The second-order valence-corrected chi connectivity index (χ2v) is 5.12. The summed E-state index contributed by atoms with van der Waals surface area (Å²) < 4.78 is 13.1. The highest BCUT2D eigenvalue weighted by Gasteiger charge is 2.14. The first-order valence-corrected chi connectivity index (χ1v) is 6.37. The lowest BCUT2D eigenvalue weighted by Gasteiger charge is -2.13. The van der Waals surface area contributed by atoms with Crippen molar-refractivity contribution < 1.29 is 4.39 Å². The van der Waals surface area contributed by atoms with Crippen LogP contribution in [0, 0.1) is 12.7 Å². The first-order chi connectivity index (χ1) is 8.90. The van der Waals surface area contributed by atoms with Crippen molar-refractivity contribution in [2.45, 2.75) is 26.7 Å². The largest absolute Gasteiger partial charge is 0.383 e. The Morgan fingerprint density at radius 1 is 1.26 bits per heavy atom. The van der Waals surface area contributed by atoms with E-state index in [0.29, 0.717) is 17.2 Å². The summed E-state index contributed by atoms with van der Waals surface area (Å²) in [6, 6.07) is 4.38. The second-order valence-electron chi connectivity index (χ2n) is 4.72. The lowest BCUT2D eigenvalue weighted by atomic mass is 10.0. The normalized spacial score (nSPS) is 11.1. The van der Waals surface area contributed by atoms with Crippen molar-refractivity contribution in [3.05, 3.63) is 40.3 Å². The molecule has 19 heavy (non-hydrogen) atoms. The summed E-state index contributed by atoms with van der Waals surface area (Å²) in [5, 5.41) is 0.0465.